The van der Waals surface area contributed by atoms with Crippen molar-refractivity contribution in [3.05, 3.63) is 30.5 Å². The van der Waals surface area contributed by atoms with Gasteiger partial charge in [0.25, 0.3) is 9.05 Å². The maximum Gasteiger partial charge on any atom is 0.261 e. The topological polar surface area (TPSA) is 56.3 Å². The summed E-state index contributed by atoms with van der Waals surface area (Å²) in [7, 11) is 1.57. The number of terminal acetylenes is 1. The second kappa shape index (κ2) is 5.47. The maximum absolute atomic E-state index is 11.5. The minimum absolute atomic E-state index is 0.0153. The summed E-state index contributed by atoms with van der Waals surface area (Å²) >= 11 is 0. The van der Waals surface area contributed by atoms with Crippen LogP contribution < -0.4 is 4.74 Å². The van der Waals surface area contributed by atoms with Crippen LogP contribution in [0.5, 0.6) is 5.75 Å². The Kier molecular flexibility index (Phi) is 3.93. The van der Waals surface area contributed by atoms with Gasteiger partial charge in [-0.15, -0.1) is 12.3 Å². The van der Waals surface area contributed by atoms with Crippen LogP contribution in [0.3, 0.4) is 0 Å². The molecular formula is C13H10ClNO3S. The molecule has 0 atom stereocenters. The monoisotopic (exact) mass is 295 g/mol. The average Bonchev–Trinajstić information content (AvgIpc) is 2.37. The predicted octanol–water partition coefficient (Wildman–Crippen LogP) is 2.56. The predicted molar refractivity (Wildman–Crippen MR) is 73.7 cm³/mol. The van der Waals surface area contributed by atoms with Gasteiger partial charge in [0.15, 0.2) is 0 Å². The van der Waals surface area contributed by atoms with Crippen LogP contribution in [-0.2, 0) is 9.05 Å². The molecule has 0 aliphatic heterocycles. The zero-order valence-electron chi connectivity index (χ0n) is 9.84. The van der Waals surface area contributed by atoms with E-state index in [1.54, 1.807) is 18.3 Å². The molecule has 1 aromatic carbocycles. The molecule has 98 valence electrons. The highest BCUT2D eigenvalue weighted by Crippen LogP contribution is 2.31. The van der Waals surface area contributed by atoms with Crippen molar-refractivity contribution in [1.29, 1.82) is 0 Å². The molecule has 0 saturated carbocycles. The lowest BCUT2D eigenvalue weighted by Crippen LogP contribution is -1.99. The number of benzene rings is 1. The number of rotatable bonds is 4. The van der Waals surface area contributed by atoms with E-state index in [1.807, 2.05) is 0 Å². The van der Waals surface area contributed by atoms with Gasteiger partial charge in [0.1, 0.15) is 11.3 Å². The molecule has 0 fully saturated rings. The summed E-state index contributed by atoms with van der Waals surface area (Å²) in [5, 5.41) is 0.427. The largest absolute Gasteiger partial charge is 0.490 e. The van der Waals surface area contributed by atoms with Crippen LogP contribution in [0.1, 0.15) is 6.42 Å². The molecule has 0 saturated heterocycles. The standard InChI is InChI=1S/C13H10ClNO3S/c1-2-3-9-18-11-6-7-12(19(14,16)17)10-5-4-8-15-13(10)11/h1,4-8H,3,9H2. The molecule has 1 heterocycles. The van der Waals surface area contributed by atoms with Crippen LogP contribution >= 0.6 is 10.7 Å². The zero-order valence-corrected chi connectivity index (χ0v) is 11.4. The van der Waals surface area contributed by atoms with Gasteiger partial charge < -0.3 is 4.74 Å². The van der Waals surface area contributed by atoms with Crippen molar-refractivity contribution in [2.24, 2.45) is 0 Å². The molecule has 0 spiro atoms. The van der Waals surface area contributed by atoms with Gasteiger partial charge in [-0.25, -0.2) is 8.42 Å². The van der Waals surface area contributed by atoms with Crippen LogP contribution in [0.4, 0.5) is 0 Å². The molecule has 2 aromatic rings. The highest BCUT2D eigenvalue weighted by atomic mass is 35.7. The Bertz CT molecular complexity index is 750. The van der Waals surface area contributed by atoms with Crippen molar-refractivity contribution < 1.29 is 13.2 Å². The van der Waals surface area contributed by atoms with Crippen LogP contribution in [0, 0.1) is 12.3 Å². The fourth-order valence-corrected chi connectivity index (χ4v) is 2.73. The third-order valence-electron chi connectivity index (χ3n) is 2.46. The lowest BCUT2D eigenvalue weighted by Gasteiger charge is -2.09. The molecule has 0 aliphatic carbocycles. The minimum atomic E-state index is -3.83. The van der Waals surface area contributed by atoms with E-state index in [0.717, 1.165) is 0 Å². The number of halogens is 1. The first-order valence-corrected chi connectivity index (χ1v) is 7.73. The lowest BCUT2D eigenvalue weighted by atomic mass is 10.2. The number of nitrogens with zero attached hydrogens (tertiary/aromatic N) is 1. The van der Waals surface area contributed by atoms with Crippen molar-refractivity contribution in [3.63, 3.8) is 0 Å². The number of fused-ring (bicyclic) bond motifs is 1. The summed E-state index contributed by atoms with van der Waals surface area (Å²) in [4.78, 5) is 4.15. The van der Waals surface area contributed by atoms with Gasteiger partial charge in [-0.3, -0.25) is 4.98 Å². The summed E-state index contributed by atoms with van der Waals surface area (Å²) in [5.74, 6) is 2.94. The van der Waals surface area contributed by atoms with Crippen molar-refractivity contribution >= 4 is 30.6 Å². The van der Waals surface area contributed by atoms with Gasteiger partial charge in [-0.1, -0.05) is 0 Å². The number of ether oxygens (including phenoxy) is 1. The van der Waals surface area contributed by atoms with Crippen molar-refractivity contribution in [3.8, 4) is 18.1 Å². The van der Waals surface area contributed by atoms with Crippen molar-refractivity contribution in [2.45, 2.75) is 11.3 Å². The zero-order chi connectivity index (χ0) is 13.9. The highest BCUT2D eigenvalue weighted by molar-refractivity contribution is 8.14. The van der Waals surface area contributed by atoms with Gasteiger partial charge in [-0.2, -0.15) is 0 Å². The first-order valence-electron chi connectivity index (χ1n) is 5.42. The van der Waals surface area contributed by atoms with Gasteiger partial charge in [-0.05, 0) is 24.3 Å². The van der Waals surface area contributed by atoms with Gasteiger partial charge in [0, 0.05) is 28.7 Å². The molecular weight excluding hydrogens is 286 g/mol. The maximum atomic E-state index is 11.5. The second-order valence-electron chi connectivity index (χ2n) is 3.70. The van der Waals surface area contributed by atoms with Gasteiger partial charge >= 0.3 is 0 Å². The van der Waals surface area contributed by atoms with E-state index in [2.05, 4.69) is 10.9 Å². The van der Waals surface area contributed by atoms with E-state index >= 15 is 0 Å². The van der Waals surface area contributed by atoms with E-state index in [9.17, 15) is 8.42 Å². The third kappa shape index (κ3) is 2.98. The first kappa shape index (κ1) is 13.7. The van der Waals surface area contributed by atoms with E-state index in [1.165, 1.54) is 12.1 Å². The van der Waals surface area contributed by atoms with Crippen LogP contribution in [0.2, 0.25) is 0 Å². The number of pyridine rings is 1. The van der Waals surface area contributed by atoms with Gasteiger partial charge in [0.2, 0.25) is 0 Å². The number of hydrogen-bond donors (Lipinski definition) is 0. The fourth-order valence-electron chi connectivity index (χ4n) is 1.67. The summed E-state index contributed by atoms with van der Waals surface area (Å²) in [6.45, 7) is 0.342. The van der Waals surface area contributed by atoms with Crippen molar-refractivity contribution in [2.75, 3.05) is 6.61 Å². The molecule has 4 nitrogen and oxygen atoms in total. The molecule has 0 unspecified atom stereocenters. The van der Waals surface area contributed by atoms with E-state index in [0.29, 0.717) is 29.7 Å². The molecule has 0 bridgehead atoms. The lowest BCUT2D eigenvalue weighted by molar-refractivity contribution is 0.330. The Morgan fingerprint density at radius 3 is 2.84 bits per heavy atom. The van der Waals surface area contributed by atoms with Crippen molar-refractivity contribution in [1.82, 2.24) is 4.98 Å². The smallest absolute Gasteiger partial charge is 0.261 e. The van der Waals surface area contributed by atoms with E-state index in [4.69, 9.17) is 21.8 Å². The van der Waals surface area contributed by atoms with Gasteiger partial charge in [0.05, 0.1) is 11.5 Å². The Labute approximate surface area is 115 Å². The Hall–Kier alpha value is -1.77. The molecule has 0 radical (unpaired) electrons. The molecule has 6 heteroatoms. The molecule has 1 aromatic heterocycles. The second-order valence-corrected chi connectivity index (χ2v) is 6.24. The average molecular weight is 296 g/mol. The summed E-state index contributed by atoms with van der Waals surface area (Å²) < 4.78 is 28.5. The van der Waals surface area contributed by atoms with E-state index < -0.39 is 9.05 Å². The highest BCUT2D eigenvalue weighted by Gasteiger charge is 2.17. The van der Waals surface area contributed by atoms with Crippen LogP contribution in [0.15, 0.2) is 35.4 Å². The Morgan fingerprint density at radius 2 is 2.16 bits per heavy atom. The van der Waals surface area contributed by atoms with Crippen LogP contribution in [-0.4, -0.2) is 20.0 Å². The molecule has 19 heavy (non-hydrogen) atoms. The summed E-state index contributed by atoms with van der Waals surface area (Å²) in [5.41, 5.74) is 0.446. The van der Waals surface area contributed by atoms with Crippen LogP contribution in [0.25, 0.3) is 10.9 Å². The minimum Gasteiger partial charge on any atom is -0.490 e. The normalized spacial score (nSPS) is 11.2. The molecule has 0 amide bonds. The number of aromatic nitrogens is 1. The molecule has 0 N–H and O–H groups in total. The Morgan fingerprint density at radius 1 is 1.37 bits per heavy atom. The SMILES string of the molecule is C#CCCOc1ccc(S(=O)(=O)Cl)c2cccnc12. The van der Waals surface area contributed by atoms with E-state index in [-0.39, 0.29) is 4.90 Å². The molecule has 2 rings (SSSR count). The summed E-state index contributed by atoms with van der Waals surface area (Å²) in [6.07, 6.45) is 7.16. The number of hydrogen-bond acceptors (Lipinski definition) is 4. The Balaban J connectivity index is 2.56. The first-order chi connectivity index (χ1) is 9.04. The fraction of sp³-hybridized carbons (Fsp3) is 0.154. The quantitative estimate of drug-likeness (QED) is 0.494. The summed E-state index contributed by atoms with van der Waals surface area (Å²) in [6, 6.07) is 6.20. The molecule has 0 aliphatic rings. The third-order valence-corrected chi connectivity index (χ3v) is 3.84.